The highest BCUT2D eigenvalue weighted by atomic mass is 35.5. The van der Waals surface area contributed by atoms with Crippen molar-refractivity contribution in [3.05, 3.63) is 83.8 Å². The van der Waals surface area contributed by atoms with Gasteiger partial charge in [0.2, 0.25) is 10.9 Å². The Hall–Kier alpha value is -2.45. The number of carbonyl (C=O) groups excluding carboxylic acids is 1. The standard InChI is InChI=1S/C20H13Cl3N4O2S/c21-12-5-6-14(23)15(10-12)24-18(28)8-7-17-25-26-20-27(17)19(29)16(30-20)9-11-3-1-2-4-13(11)22/h1-6,9-10H,7-8H2,(H,24,28)/b16-9+. The summed E-state index contributed by atoms with van der Waals surface area (Å²) in [6, 6.07) is 12.1. The largest absolute Gasteiger partial charge is 0.325 e. The number of hydrogen-bond donors (Lipinski definition) is 1. The number of nitrogens with zero attached hydrogens (tertiary/aromatic N) is 3. The maximum absolute atomic E-state index is 12.8. The molecule has 2 heterocycles. The first-order chi connectivity index (χ1) is 14.4. The van der Waals surface area contributed by atoms with Gasteiger partial charge in [0.05, 0.1) is 15.2 Å². The fourth-order valence-corrected chi connectivity index (χ4v) is 4.29. The molecule has 0 unspecified atom stereocenters. The quantitative estimate of drug-likeness (QED) is 0.465. The molecule has 6 nitrogen and oxygen atoms in total. The fourth-order valence-electron chi connectivity index (χ4n) is 2.84. The third-order valence-electron chi connectivity index (χ3n) is 4.29. The predicted octanol–water partition coefficient (Wildman–Crippen LogP) is 4.23. The van der Waals surface area contributed by atoms with Crippen LogP contribution in [-0.2, 0) is 11.2 Å². The minimum Gasteiger partial charge on any atom is -0.325 e. The van der Waals surface area contributed by atoms with Crippen LogP contribution in [-0.4, -0.2) is 20.5 Å². The van der Waals surface area contributed by atoms with E-state index >= 15 is 0 Å². The van der Waals surface area contributed by atoms with Crippen LogP contribution in [0.1, 0.15) is 17.8 Å². The Morgan fingerprint density at radius 2 is 1.90 bits per heavy atom. The number of benzene rings is 2. The van der Waals surface area contributed by atoms with Gasteiger partial charge in [-0.05, 0) is 35.9 Å². The highest BCUT2D eigenvalue weighted by Gasteiger charge is 2.15. The normalized spacial score (nSPS) is 11.9. The van der Waals surface area contributed by atoms with Gasteiger partial charge in [-0.15, -0.1) is 10.2 Å². The minimum absolute atomic E-state index is 0.0997. The molecule has 0 atom stereocenters. The summed E-state index contributed by atoms with van der Waals surface area (Å²) in [6.45, 7) is 0. The molecule has 4 aromatic rings. The van der Waals surface area contributed by atoms with E-state index in [9.17, 15) is 9.59 Å². The number of fused-ring (bicyclic) bond motifs is 1. The number of carbonyl (C=O) groups is 1. The van der Waals surface area contributed by atoms with E-state index in [-0.39, 0.29) is 24.3 Å². The van der Waals surface area contributed by atoms with Crippen LogP contribution in [0.4, 0.5) is 5.69 Å². The molecule has 30 heavy (non-hydrogen) atoms. The molecule has 2 aromatic carbocycles. The number of anilines is 1. The molecular weight excluding hydrogens is 467 g/mol. The number of halogens is 3. The van der Waals surface area contributed by atoms with E-state index in [2.05, 4.69) is 15.5 Å². The second kappa shape index (κ2) is 8.73. The highest BCUT2D eigenvalue weighted by Crippen LogP contribution is 2.25. The van der Waals surface area contributed by atoms with Gasteiger partial charge in [-0.1, -0.05) is 64.3 Å². The van der Waals surface area contributed by atoms with Crippen molar-refractivity contribution >= 4 is 68.8 Å². The van der Waals surface area contributed by atoms with Crippen LogP contribution in [0.3, 0.4) is 0 Å². The third-order valence-corrected chi connectivity index (χ3v) is 6.15. The van der Waals surface area contributed by atoms with Crippen LogP contribution < -0.4 is 15.4 Å². The molecular formula is C20H13Cl3N4O2S. The zero-order chi connectivity index (χ0) is 21.3. The summed E-state index contributed by atoms with van der Waals surface area (Å²) in [5.74, 6) is 0.138. The molecule has 1 amide bonds. The van der Waals surface area contributed by atoms with Gasteiger partial charge in [0, 0.05) is 22.9 Å². The topological polar surface area (TPSA) is 76.4 Å². The van der Waals surface area contributed by atoms with Crippen molar-refractivity contribution in [1.82, 2.24) is 14.6 Å². The van der Waals surface area contributed by atoms with Gasteiger partial charge in [-0.25, -0.2) is 4.40 Å². The number of aromatic nitrogens is 3. The lowest BCUT2D eigenvalue weighted by Gasteiger charge is -2.07. The summed E-state index contributed by atoms with van der Waals surface area (Å²) in [6.07, 6.45) is 2.06. The molecule has 0 saturated heterocycles. The Kier molecular flexibility index (Phi) is 6.06. The van der Waals surface area contributed by atoms with Crippen molar-refractivity contribution in [3.8, 4) is 0 Å². The van der Waals surface area contributed by atoms with Gasteiger partial charge in [0.15, 0.2) is 0 Å². The first-order valence-electron chi connectivity index (χ1n) is 8.80. The lowest BCUT2D eigenvalue weighted by atomic mass is 10.2. The third kappa shape index (κ3) is 4.34. The second-order valence-corrected chi connectivity index (χ2v) is 8.60. The molecule has 1 N–H and O–H groups in total. The summed E-state index contributed by atoms with van der Waals surface area (Å²) >= 11 is 19.4. The van der Waals surface area contributed by atoms with E-state index in [0.717, 1.165) is 5.56 Å². The van der Waals surface area contributed by atoms with Gasteiger partial charge in [0.25, 0.3) is 5.56 Å². The average molecular weight is 480 g/mol. The molecule has 0 aliphatic heterocycles. The average Bonchev–Trinajstić information content (AvgIpc) is 3.25. The molecule has 0 radical (unpaired) electrons. The van der Waals surface area contributed by atoms with Crippen molar-refractivity contribution < 1.29 is 4.79 Å². The van der Waals surface area contributed by atoms with E-state index in [1.807, 2.05) is 18.2 Å². The van der Waals surface area contributed by atoms with Crippen LogP contribution >= 0.6 is 46.1 Å². The van der Waals surface area contributed by atoms with E-state index in [1.54, 1.807) is 30.3 Å². The maximum Gasteiger partial charge on any atom is 0.275 e. The SMILES string of the molecule is O=C(CCc1nnc2s/c(=C/c3ccccc3Cl)c(=O)n12)Nc1cc(Cl)ccc1Cl. The summed E-state index contributed by atoms with van der Waals surface area (Å²) in [5, 5.41) is 12.2. The number of hydrogen-bond acceptors (Lipinski definition) is 5. The molecule has 0 bridgehead atoms. The summed E-state index contributed by atoms with van der Waals surface area (Å²) in [4.78, 5) is 25.6. The van der Waals surface area contributed by atoms with E-state index < -0.39 is 0 Å². The lowest BCUT2D eigenvalue weighted by molar-refractivity contribution is -0.116. The van der Waals surface area contributed by atoms with E-state index in [0.29, 0.717) is 36.1 Å². The zero-order valence-corrected chi connectivity index (χ0v) is 18.3. The van der Waals surface area contributed by atoms with E-state index in [1.165, 1.54) is 15.7 Å². The number of nitrogens with one attached hydrogen (secondary N) is 1. The van der Waals surface area contributed by atoms with Crippen LogP contribution in [0, 0.1) is 0 Å². The molecule has 2 aromatic heterocycles. The molecule has 0 spiro atoms. The van der Waals surface area contributed by atoms with E-state index in [4.69, 9.17) is 34.8 Å². The van der Waals surface area contributed by atoms with Crippen LogP contribution in [0.2, 0.25) is 15.1 Å². The Balaban J connectivity index is 1.55. The smallest absolute Gasteiger partial charge is 0.275 e. The van der Waals surface area contributed by atoms with Crippen LogP contribution in [0.15, 0.2) is 47.3 Å². The monoisotopic (exact) mass is 478 g/mol. The molecule has 10 heteroatoms. The molecule has 152 valence electrons. The Labute approximate surface area is 189 Å². The molecule has 0 fully saturated rings. The van der Waals surface area contributed by atoms with Gasteiger partial charge < -0.3 is 5.32 Å². The van der Waals surface area contributed by atoms with Gasteiger partial charge in [0.1, 0.15) is 5.82 Å². The molecule has 4 rings (SSSR count). The predicted molar refractivity (Wildman–Crippen MR) is 121 cm³/mol. The Morgan fingerprint density at radius 1 is 1.10 bits per heavy atom. The Bertz CT molecular complexity index is 1370. The zero-order valence-electron chi connectivity index (χ0n) is 15.2. The van der Waals surface area contributed by atoms with Crippen molar-refractivity contribution in [2.45, 2.75) is 12.8 Å². The summed E-state index contributed by atoms with van der Waals surface area (Å²) in [5.41, 5.74) is 0.929. The summed E-state index contributed by atoms with van der Waals surface area (Å²) in [7, 11) is 0. The van der Waals surface area contributed by atoms with Crippen molar-refractivity contribution in [1.29, 1.82) is 0 Å². The molecule has 0 aliphatic carbocycles. The van der Waals surface area contributed by atoms with Crippen LogP contribution in [0.25, 0.3) is 11.0 Å². The molecule has 0 saturated carbocycles. The van der Waals surface area contributed by atoms with Crippen molar-refractivity contribution in [2.24, 2.45) is 0 Å². The first kappa shape index (κ1) is 20.8. The Morgan fingerprint density at radius 3 is 2.70 bits per heavy atom. The number of aryl methyl sites for hydroxylation is 1. The minimum atomic E-state index is -0.276. The first-order valence-corrected chi connectivity index (χ1v) is 10.8. The van der Waals surface area contributed by atoms with Gasteiger partial charge in [-0.3, -0.25) is 9.59 Å². The summed E-state index contributed by atoms with van der Waals surface area (Å²) < 4.78 is 1.91. The van der Waals surface area contributed by atoms with Crippen molar-refractivity contribution in [2.75, 3.05) is 5.32 Å². The number of rotatable bonds is 5. The molecule has 0 aliphatic rings. The van der Waals surface area contributed by atoms with Crippen LogP contribution in [0.5, 0.6) is 0 Å². The van der Waals surface area contributed by atoms with Gasteiger partial charge in [-0.2, -0.15) is 0 Å². The van der Waals surface area contributed by atoms with Gasteiger partial charge >= 0.3 is 0 Å². The highest BCUT2D eigenvalue weighted by molar-refractivity contribution is 7.15. The number of thiazole rings is 1. The number of amides is 1. The maximum atomic E-state index is 12.8. The lowest BCUT2D eigenvalue weighted by Crippen LogP contribution is -2.25. The second-order valence-electron chi connectivity index (χ2n) is 6.34. The fraction of sp³-hybridized carbons (Fsp3) is 0.100. The van der Waals surface area contributed by atoms with Crippen molar-refractivity contribution in [3.63, 3.8) is 0 Å².